The van der Waals surface area contributed by atoms with Crippen LogP contribution in [0.2, 0.25) is 5.02 Å². The number of rotatable bonds is 6. The highest BCUT2D eigenvalue weighted by Gasteiger charge is 2.36. The standard InChI is InChI=1S/C24H24ClN3O4S/c1-15-11-18(27-9-3-4-10-27)7-5-16(15)12-21-23(30)28(24(31)33-21)14-22(29)26-17-6-8-20(32-2)19(25)13-17/h5-8,11-13H,3-4,9-10,14H2,1-2H3,(H,26,29)/b21-12+. The molecule has 0 saturated carbocycles. The summed E-state index contributed by atoms with van der Waals surface area (Å²) in [7, 11) is 1.50. The van der Waals surface area contributed by atoms with Gasteiger partial charge in [0.15, 0.2) is 0 Å². The van der Waals surface area contributed by atoms with Crippen LogP contribution < -0.4 is 15.0 Å². The van der Waals surface area contributed by atoms with E-state index in [-0.39, 0.29) is 6.54 Å². The number of amides is 3. The summed E-state index contributed by atoms with van der Waals surface area (Å²) in [6, 6.07) is 10.9. The summed E-state index contributed by atoms with van der Waals surface area (Å²) in [5.41, 5.74) is 3.52. The number of nitrogens with one attached hydrogen (secondary N) is 1. The van der Waals surface area contributed by atoms with E-state index in [2.05, 4.69) is 16.3 Å². The second-order valence-electron chi connectivity index (χ2n) is 7.90. The molecule has 2 heterocycles. The number of thioether (sulfide) groups is 1. The van der Waals surface area contributed by atoms with E-state index < -0.39 is 17.1 Å². The topological polar surface area (TPSA) is 79.0 Å². The molecule has 3 amide bonds. The number of halogens is 1. The fourth-order valence-corrected chi connectivity index (χ4v) is 4.95. The van der Waals surface area contributed by atoms with Gasteiger partial charge in [0.1, 0.15) is 12.3 Å². The Morgan fingerprint density at radius 3 is 2.61 bits per heavy atom. The van der Waals surface area contributed by atoms with Gasteiger partial charge in [-0.05, 0) is 79.1 Å². The zero-order valence-corrected chi connectivity index (χ0v) is 20.0. The van der Waals surface area contributed by atoms with E-state index in [9.17, 15) is 14.4 Å². The van der Waals surface area contributed by atoms with Crippen LogP contribution in [0.25, 0.3) is 6.08 Å². The number of imide groups is 1. The van der Waals surface area contributed by atoms with Crippen molar-refractivity contribution in [3.8, 4) is 5.75 Å². The zero-order chi connectivity index (χ0) is 23.5. The van der Waals surface area contributed by atoms with Crippen LogP contribution in [-0.2, 0) is 9.59 Å². The van der Waals surface area contributed by atoms with E-state index in [0.29, 0.717) is 21.4 Å². The number of benzene rings is 2. The number of carbonyl (C=O) groups excluding carboxylic acids is 3. The van der Waals surface area contributed by atoms with Crippen molar-refractivity contribution in [2.45, 2.75) is 19.8 Å². The first-order chi connectivity index (χ1) is 15.9. The Kier molecular flexibility index (Phi) is 6.95. The summed E-state index contributed by atoms with van der Waals surface area (Å²) in [5.74, 6) is -0.489. The average molecular weight is 486 g/mol. The molecule has 33 heavy (non-hydrogen) atoms. The van der Waals surface area contributed by atoms with Gasteiger partial charge in [0.25, 0.3) is 11.1 Å². The first-order valence-electron chi connectivity index (χ1n) is 10.6. The Morgan fingerprint density at radius 2 is 1.94 bits per heavy atom. The lowest BCUT2D eigenvalue weighted by atomic mass is 10.1. The van der Waals surface area contributed by atoms with E-state index in [1.165, 1.54) is 25.6 Å². The minimum absolute atomic E-state index is 0.303. The molecule has 2 aliphatic heterocycles. The average Bonchev–Trinajstić information content (AvgIpc) is 3.40. The van der Waals surface area contributed by atoms with Crippen LogP contribution in [0.4, 0.5) is 16.2 Å². The smallest absolute Gasteiger partial charge is 0.294 e. The molecule has 2 aliphatic rings. The number of methoxy groups -OCH3 is 1. The maximum absolute atomic E-state index is 12.8. The monoisotopic (exact) mass is 485 g/mol. The number of nitrogens with zero attached hydrogens (tertiary/aromatic N) is 2. The first kappa shape index (κ1) is 23.2. The molecule has 0 bridgehead atoms. The summed E-state index contributed by atoms with van der Waals surface area (Å²) in [5, 5.41) is 2.52. The maximum Gasteiger partial charge on any atom is 0.294 e. The normalized spacial score (nSPS) is 17.2. The Bertz CT molecular complexity index is 1140. The molecule has 0 radical (unpaired) electrons. The lowest BCUT2D eigenvalue weighted by Gasteiger charge is -2.18. The minimum Gasteiger partial charge on any atom is -0.495 e. The van der Waals surface area contributed by atoms with Crippen molar-refractivity contribution in [3.05, 3.63) is 57.5 Å². The Hall–Kier alpha value is -2.97. The predicted octanol–water partition coefficient (Wildman–Crippen LogP) is 4.93. The second kappa shape index (κ2) is 9.89. The summed E-state index contributed by atoms with van der Waals surface area (Å²) in [4.78, 5) is 41.3. The summed E-state index contributed by atoms with van der Waals surface area (Å²) < 4.78 is 5.09. The summed E-state index contributed by atoms with van der Waals surface area (Å²) in [6.45, 7) is 3.73. The molecule has 2 fully saturated rings. The Labute approximate surface area is 201 Å². The quantitative estimate of drug-likeness (QED) is 0.584. The molecule has 4 rings (SSSR count). The van der Waals surface area contributed by atoms with Crippen molar-refractivity contribution in [2.75, 3.05) is 37.0 Å². The highest BCUT2D eigenvalue weighted by atomic mass is 35.5. The van der Waals surface area contributed by atoms with Crippen molar-refractivity contribution in [1.82, 2.24) is 4.90 Å². The number of carbonyl (C=O) groups is 3. The third kappa shape index (κ3) is 5.17. The van der Waals surface area contributed by atoms with Crippen LogP contribution >= 0.6 is 23.4 Å². The molecule has 2 saturated heterocycles. The number of ether oxygens (including phenoxy) is 1. The SMILES string of the molecule is COc1ccc(NC(=O)CN2C(=O)S/C(=C/c3ccc(N4CCCC4)cc3C)C2=O)cc1Cl. The van der Waals surface area contributed by atoms with Crippen molar-refractivity contribution < 1.29 is 19.1 Å². The minimum atomic E-state index is -0.495. The molecule has 2 aromatic carbocycles. The van der Waals surface area contributed by atoms with Gasteiger partial charge in [-0.25, -0.2) is 0 Å². The van der Waals surface area contributed by atoms with Crippen molar-refractivity contribution >= 4 is 57.9 Å². The third-order valence-corrected chi connectivity index (χ3v) is 6.82. The van der Waals surface area contributed by atoms with Gasteiger partial charge in [-0.3, -0.25) is 19.3 Å². The number of anilines is 2. The van der Waals surface area contributed by atoms with Crippen LogP contribution in [0.3, 0.4) is 0 Å². The van der Waals surface area contributed by atoms with E-state index in [4.69, 9.17) is 16.3 Å². The Balaban J connectivity index is 1.43. The van der Waals surface area contributed by atoms with Crippen molar-refractivity contribution in [1.29, 1.82) is 0 Å². The van der Waals surface area contributed by atoms with Crippen LogP contribution in [-0.4, -0.2) is 48.7 Å². The van der Waals surface area contributed by atoms with Gasteiger partial charge in [0.2, 0.25) is 5.91 Å². The van der Waals surface area contributed by atoms with Crippen LogP contribution in [0, 0.1) is 6.92 Å². The van der Waals surface area contributed by atoms with Gasteiger partial charge in [-0.15, -0.1) is 0 Å². The molecule has 9 heteroatoms. The van der Waals surface area contributed by atoms with Gasteiger partial charge in [-0.2, -0.15) is 0 Å². The molecule has 1 N–H and O–H groups in total. The fraction of sp³-hybridized carbons (Fsp3) is 0.292. The predicted molar refractivity (Wildman–Crippen MR) is 132 cm³/mol. The second-order valence-corrected chi connectivity index (χ2v) is 9.30. The van der Waals surface area contributed by atoms with E-state index in [0.717, 1.165) is 40.9 Å². The third-order valence-electron chi connectivity index (χ3n) is 5.62. The number of hydrogen-bond donors (Lipinski definition) is 1. The molecular formula is C24H24ClN3O4S. The molecule has 0 aromatic heterocycles. The highest BCUT2D eigenvalue weighted by molar-refractivity contribution is 8.18. The van der Waals surface area contributed by atoms with Gasteiger partial charge in [0.05, 0.1) is 17.0 Å². The molecule has 0 unspecified atom stereocenters. The molecule has 0 spiro atoms. The fourth-order valence-electron chi connectivity index (χ4n) is 3.86. The van der Waals surface area contributed by atoms with Crippen molar-refractivity contribution in [2.24, 2.45) is 0 Å². The van der Waals surface area contributed by atoms with Crippen LogP contribution in [0.5, 0.6) is 5.75 Å². The van der Waals surface area contributed by atoms with Gasteiger partial charge >= 0.3 is 0 Å². The van der Waals surface area contributed by atoms with Crippen molar-refractivity contribution in [3.63, 3.8) is 0 Å². The first-order valence-corrected chi connectivity index (χ1v) is 11.8. The summed E-state index contributed by atoms with van der Waals surface area (Å²) >= 11 is 6.92. The number of hydrogen-bond acceptors (Lipinski definition) is 6. The van der Waals surface area contributed by atoms with Gasteiger partial charge in [-0.1, -0.05) is 17.7 Å². The lowest BCUT2D eigenvalue weighted by Crippen LogP contribution is -2.36. The molecule has 7 nitrogen and oxygen atoms in total. The maximum atomic E-state index is 12.8. The molecule has 0 aliphatic carbocycles. The van der Waals surface area contributed by atoms with E-state index in [1.807, 2.05) is 19.1 Å². The molecular weight excluding hydrogens is 462 g/mol. The largest absolute Gasteiger partial charge is 0.495 e. The van der Waals surface area contributed by atoms with Gasteiger partial charge < -0.3 is 15.0 Å². The Morgan fingerprint density at radius 1 is 1.18 bits per heavy atom. The zero-order valence-electron chi connectivity index (χ0n) is 18.4. The molecule has 172 valence electrons. The van der Waals surface area contributed by atoms with E-state index >= 15 is 0 Å². The summed E-state index contributed by atoms with van der Waals surface area (Å²) in [6.07, 6.45) is 4.12. The molecule has 2 aromatic rings. The highest BCUT2D eigenvalue weighted by Crippen LogP contribution is 2.34. The lowest BCUT2D eigenvalue weighted by molar-refractivity contribution is -0.127. The number of aryl methyl sites for hydroxylation is 1. The van der Waals surface area contributed by atoms with E-state index in [1.54, 1.807) is 24.3 Å². The molecule has 0 atom stereocenters. The van der Waals surface area contributed by atoms with Crippen LogP contribution in [0.15, 0.2) is 41.3 Å². The van der Waals surface area contributed by atoms with Crippen LogP contribution in [0.1, 0.15) is 24.0 Å². The van der Waals surface area contributed by atoms with Gasteiger partial charge in [0, 0.05) is 24.5 Å².